The molecule has 96 valence electrons. The molecular formula is C12H20N2O3. The lowest BCUT2D eigenvalue weighted by molar-refractivity contribution is 0.0810. The molecule has 0 radical (unpaired) electrons. The predicted octanol–water partition coefficient (Wildman–Crippen LogP) is 1.51. The van der Waals surface area contributed by atoms with Gasteiger partial charge in [-0.15, -0.1) is 0 Å². The molecule has 0 aliphatic heterocycles. The molecule has 0 bridgehead atoms. The molecule has 0 saturated carbocycles. The molecule has 0 fully saturated rings. The molecule has 17 heavy (non-hydrogen) atoms. The molecule has 2 N–H and O–H groups in total. The van der Waals surface area contributed by atoms with Gasteiger partial charge in [-0.2, -0.15) is 0 Å². The Kier molecular flexibility index (Phi) is 5.15. The summed E-state index contributed by atoms with van der Waals surface area (Å²) in [5.74, 6) is 0.497. The van der Waals surface area contributed by atoms with E-state index in [9.17, 15) is 9.90 Å². The largest absolute Gasteiger partial charge is 0.391 e. The van der Waals surface area contributed by atoms with Crippen molar-refractivity contribution in [1.29, 1.82) is 0 Å². The lowest BCUT2D eigenvalue weighted by atomic mass is 9.96. The number of aryl methyl sites for hydroxylation is 1. The highest BCUT2D eigenvalue weighted by Crippen LogP contribution is 2.12. The zero-order valence-electron chi connectivity index (χ0n) is 10.6. The molecule has 1 amide bonds. The zero-order chi connectivity index (χ0) is 12.8. The predicted molar refractivity (Wildman–Crippen MR) is 63.7 cm³/mol. The van der Waals surface area contributed by atoms with Crippen LogP contribution in [0.1, 0.15) is 42.9 Å². The average Bonchev–Trinajstić information content (AvgIpc) is 2.74. The number of hydrogen-bond acceptors (Lipinski definition) is 4. The van der Waals surface area contributed by atoms with Gasteiger partial charge in [0.2, 0.25) is 0 Å². The van der Waals surface area contributed by atoms with Gasteiger partial charge in [0.15, 0.2) is 5.69 Å². The van der Waals surface area contributed by atoms with Crippen molar-refractivity contribution in [3.63, 3.8) is 0 Å². The number of aliphatic hydroxyl groups is 1. The Bertz CT molecular complexity index is 358. The van der Waals surface area contributed by atoms with Crippen molar-refractivity contribution in [2.24, 2.45) is 5.92 Å². The van der Waals surface area contributed by atoms with Crippen LogP contribution in [0.5, 0.6) is 0 Å². The van der Waals surface area contributed by atoms with Crippen LogP contribution < -0.4 is 5.32 Å². The number of aliphatic hydroxyl groups excluding tert-OH is 1. The van der Waals surface area contributed by atoms with Crippen molar-refractivity contribution in [2.75, 3.05) is 6.54 Å². The molecule has 0 aliphatic rings. The number of rotatable bonds is 6. The van der Waals surface area contributed by atoms with Crippen LogP contribution in [0.2, 0.25) is 0 Å². The molecular weight excluding hydrogens is 220 g/mol. The third-order valence-corrected chi connectivity index (χ3v) is 2.93. The number of nitrogens with zero attached hydrogens (tertiary/aromatic N) is 1. The molecule has 1 heterocycles. The molecule has 5 nitrogen and oxygen atoms in total. The highest BCUT2D eigenvalue weighted by molar-refractivity contribution is 5.92. The lowest BCUT2D eigenvalue weighted by Crippen LogP contribution is -2.36. The van der Waals surface area contributed by atoms with E-state index in [1.54, 1.807) is 13.0 Å². The molecule has 0 spiro atoms. The van der Waals surface area contributed by atoms with Crippen molar-refractivity contribution in [2.45, 2.75) is 39.7 Å². The second kappa shape index (κ2) is 6.39. The first-order valence-electron chi connectivity index (χ1n) is 5.98. The maximum atomic E-state index is 11.6. The fourth-order valence-electron chi connectivity index (χ4n) is 1.76. The lowest BCUT2D eigenvalue weighted by Gasteiger charge is -2.19. The summed E-state index contributed by atoms with van der Waals surface area (Å²) in [4.78, 5) is 11.6. The van der Waals surface area contributed by atoms with Crippen molar-refractivity contribution in [1.82, 2.24) is 10.5 Å². The second-order valence-corrected chi connectivity index (χ2v) is 4.18. The number of aromatic nitrogens is 1. The fourth-order valence-corrected chi connectivity index (χ4v) is 1.76. The maximum absolute atomic E-state index is 11.6. The quantitative estimate of drug-likeness (QED) is 0.790. The highest BCUT2D eigenvalue weighted by Gasteiger charge is 2.17. The summed E-state index contributed by atoms with van der Waals surface area (Å²) >= 11 is 0. The third kappa shape index (κ3) is 3.85. The summed E-state index contributed by atoms with van der Waals surface area (Å²) in [5, 5.41) is 16.1. The van der Waals surface area contributed by atoms with Crippen LogP contribution in [0.25, 0.3) is 0 Å². The van der Waals surface area contributed by atoms with Gasteiger partial charge in [-0.25, -0.2) is 0 Å². The smallest absolute Gasteiger partial charge is 0.273 e. The van der Waals surface area contributed by atoms with Crippen molar-refractivity contribution in [3.05, 3.63) is 17.5 Å². The average molecular weight is 240 g/mol. The van der Waals surface area contributed by atoms with Gasteiger partial charge in [0.25, 0.3) is 5.91 Å². The normalized spacial score (nSPS) is 12.8. The number of nitrogens with one attached hydrogen (secondary N) is 1. The van der Waals surface area contributed by atoms with Crippen LogP contribution in [-0.2, 0) is 0 Å². The van der Waals surface area contributed by atoms with Gasteiger partial charge in [0.1, 0.15) is 5.76 Å². The Morgan fingerprint density at radius 1 is 1.53 bits per heavy atom. The fraction of sp³-hybridized carbons (Fsp3) is 0.667. The number of carbonyl (C=O) groups is 1. The number of carbonyl (C=O) groups excluding carboxylic acids is 1. The highest BCUT2D eigenvalue weighted by atomic mass is 16.5. The monoisotopic (exact) mass is 240 g/mol. The van der Waals surface area contributed by atoms with E-state index in [1.165, 1.54) is 0 Å². The number of hydrogen-bond donors (Lipinski definition) is 2. The Morgan fingerprint density at radius 3 is 2.65 bits per heavy atom. The van der Waals surface area contributed by atoms with Gasteiger partial charge in [0.05, 0.1) is 6.10 Å². The first-order chi connectivity index (χ1) is 8.08. The summed E-state index contributed by atoms with van der Waals surface area (Å²) in [6.45, 7) is 6.03. The Labute approximate surface area is 101 Å². The number of amides is 1. The summed E-state index contributed by atoms with van der Waals surface area (Å²) in [5.41, 5.74) is 0.249. The Balaban J connectivity index is 2.43. The van der Waals surface area contributed by atoms with Crippen LogP contribution in [-0.4, -0.2) is 28.8 Å². The Morgan fingerprint density at radius 2 is 2.18 bits per heavy atom. The molecule has 0 saturated heterocycles. The third-order valence-electron chi connectivity index (χ3n) is 2.93. The summed E-state index contributed by atoms with van der Waals surface area (Å²) in [7, 11) is 0. The molecule has 1 unspecified atom stereocenters. The van der Waals surface area contributed by atoms with E-state index in [2.05, 4.69) is 10.5 Å². The summed E-state index contributed by atoms with van der Waals surface area (Å²) in [6, 6.07) is 1.57. The standard InChI is InChI=1S/C12H20N2O3/c1-4-9(5-2)11(15)7-13-12(16)10-6-8(3)17-14-10/h6,9,11,15H,4-5,7H2,1-3H3,(H,13,16). The first-order valence-corrected chi connectivity index (χ1v) is 5.98. The van der Waals surface area contributed by atoms with Crippen LogP contribution in [0.15, 0.2) is 10.6 Å². The van der Waals surface area contributed by atoms with Crippen LogP contribution in [0.4, 0.5) is 0 Å². The molecule has 5 heteroatoms. The van der Waals surface area contributed by atoms with Crippen LogP contribution >= 0.6 is 0 Å². The van der Waals surface area contributed by atoms with Gasteiger partial charge < -0.3 is 14.9 Å². The second-order valence-electron chi connectivity index (χ2n) is 4.18. The van der Waals surface area contributed by atoms with E-state index in [1.807, 2.05) is 13.8 Å². The van der Waals surface area contributed by atoms with E-state index in [4.69, 9.17) is 4.52 Å². The van der Waals surface area contributed by atoms with Gasteiger partial charge in [-0.05, 0) is 12.8 Å². The van der Waals surface area contributed by atoms with E-state index >= 15 is 0 Å². The zero-order valence-corrected chi connectivity index (χ0v) is 10.6. The van der Waals surface area contributed by atoms with Crippen LogP contribution in [0.3, 0.4) is 0 Å². The van der Waals surface area contributed by atoms with E-state index in [0.717, 1.165) is 12.8 Å². The SMILES string of the molecule is CCC(CC)C(O)CNC(=O)c1cc(C)on1. The van der Waals surface area contributed by atoms with E-state index < -0.39 is 6.10 Å². The molecule has 1 atom stereocenters. The van der Waals surface area contributed by atoms with E-state index in [-0.39, 0.29) is 24.1 Å². The molecule has 1 aromatic rings. The minimum atomic E-state index is -0.512. The first kappa shape index (κ1) is 13.7. The van der Waals surface area contributed by atoms with Crippen molar-refractivity contribution in [3.8, 4) is 0 Å². The molecule has 0 aliphatic carbocycles. The van der Waals surface area contributed by atoms with Gasteiger partial charge >= 0.3 is 0 Å². The van der Waals surface area contributed by atoms with Crippen molar-refractivity contribution >= 4 is 5.91 Å². The van der Waals surface area contributed by atoms with Gasteiger partial charge in [-0.1, -0.05) is 31.8 Å². The molecule has 0 aromatic carbocycles. The van der Waals surface area contributed by atoms with E-state index in [0.29, 0.717) is 5.76 Å². The van der Waals surface area contributed by atoms with Gasteiger partial charge in [0, 0.05) is 12.6 Å². The van der Waals surface area contributed by atoms with Crippen molar-refractivity contribution < 1.29 is 14.4 Å². The molecule has 1 aromatic heterocycles. The van der Waals surface area contributed by atoms with Crippen LogP contribution in [0, 0.1) is 12.8 Å². The minimum absolute atomic E-state index is 0.217. The Hall–Kier alpha value is -1.36. The summed E-state index contributed by atoms with van der Waals surface area (Å²) in [6.07, 6.45) is 1.29. The summed E-state index contributed by atoms with van der Waals surface area (Å²) < 4.78 is 4.81. The maximum Gasteiger partial charge on any atom is 0.273 e. The van der Waals surface area contributed by atoms with Gasteiger partial charge in [-0.3, -0.25) is 4.79 Å². The topological polar surface area (TPSA) is 75.4 Å². The minimum Gasteiger partial charge on any atom is -0.391 e. The molecule has 1 rings (SSSR count).